The summed E-state index contributed by atoms with van der Waals surface area (Å²) in [5.74, 6) is 0.725. The van der Waals surface area contributed by atoms with Gasteiger partial charge in [-0.05, 0) is 77.2 Å². The first kappa shape index (κ1) is 24.8. The van der Waals surface area contributed by atoms with Gasteiger partial charge in [-0.2, -0.15) is 0 Å². The Morgan fingerprint density at radius 1 is 0.972 bits per heavy atom. The van der Waals surface area contributed by atoms with Gasteiger partial charge in [-0.1, -0.05) is 6.07 Å². The van der Waals surface area contributed by atoms with E-state index in [0.717, 1.165) is 27.8 Å². The first-order valence-corrected chi connectivity index (χ1v) is 11.4. The van der Waals surface area contributed by atoms with Gasteiger partial charge in [0, 0.05) is 37.6 Å². The molecular formula is C28H29FN4O3. The van der Waals surface area contributed by atoms with Crippen LogP contribution in [0.1, 0.15) is 27.0 Å². The van der Waals surface area contributed by atoms with Crippen molar-refractivity contribution in [2.24, 2.45) is 7.05 Å². The number of halogens is 1. The van der Waals surface area contributed by atoms with Gasteiger partial charge in [-0.25, -0.2) is 4.39 Å². The molecule has 2 N–H and O–H groups in total. The van der Waals surface area contributed by atoms with Crippen LogP contribution in [0.4, 0.5) is 4.39 Å². The van der Waals surface area contributed by atoms with Gasteiger partial charge >= 0.3 is 0 Å². The van der Waals surface area contributed by atoms with E-state index in [2.05, 4.69) is 5.32 Å². The van der Waals surface area contributed by atoms with Crippen LogP contribution < -0.4 is 20.4 Å². The molecule has 0 aliphatic rings. The summed E-state index contributed by atoms with van der Waals surface area (Å²) < 4.78 is 27.9. The second-order valence-electron chi connectivity index (χ2n) is 8.64. The van der Waals surface area contributed by atoms with Gasteiger partial charge in [0.2, 0.25) is 5.62 Å². The second-order valence-corrected chi connectivity index (χ2v) is 8.64. The van der Waals surface area contributed by atoms with E-state index in [1.54, 1.807) is 35.5 Å². The third-order valence-electron chi connectivity index (χ3n) is 6.05. The van der Waals surface area contributed by atoms with Crippen LogP contribution in [0.25, 0.3) is 11.1 Å². The van der Waals surface area contributed by atoms with Crippen molar-refractivity contribution in [3.8, 4) is 22.6 Å². The zero-order valence-corrected chi connectivity index (χ0v) is 20.8. The summed E-state index contributed by atoms with van der Waals surface area (Å²) in [6, 6.07) is 15.7. The summed E-state index contributed by atoms with van der Waals surface area (Å²) >= 11 is 0. The summed E-state index contributed by atoms with van der Waals surface area (Å²) in [4.78, 5) is 13.2. The number of aryl methyl sites for hydroxylation is 2. The lowest BCUT2D eigenvalue weighted by Gasteiger charge is -2.14. The van der Waals surface area contributed by atoms with Crippen LogP contribution >= 0.6 is 0 Å². The summed E-state index contributed by atoms with van der Waals surface area (Å²) in [5, 5.41) is 11.2. The maximum absolute atomic E-state index is 13.7. The van der Waals surface area contributed by atoms with Gasteiger partial charge < -0.3 is 23.9 Å². The predicted molar refractivity (Wildman–Crippen MR) is 136 cm³/mol. The van der Waals surface area contributed by atoms with E-state index in [4.69, 9.17) is 14.9 Å². The maximum Gasteiger partial charge on any atom is 0.251 e. The number of ether oxygens (including phenoxy) is 2. The quantitative estimate of drug-likeness (QED) is 0.385. The largest absolute Gasteiger partial charge is 0.497 e. The smallest absolute Gasteiger partial charge is 0.251 e. The molecule has 1 amide bonds. The normalized spacial score (nSPS) is 10.8. The maximum atomic E-state index is 13.7. The summed E-state index contributed by atoms with van der Waals surface area (Å²) in [6.07, 6.45) is 3.64. The number of methoxy groups -OCH3 is 2. The third-order valence-corrected chi connectivity index (χ3v) is 6.05. The molecule has 0 bridgehead atoms. The van der Waals surface area contributed by atoms with Crippen molar-refractivity contribution >= 4 is 5.91 Å². The van der Waals surface area contributed by atoms with Gasteiger partial charge in [0.15, 0.2) is 0 Å². The number of carbonyl (C=O) groups excluding carboxylic acids is 1. The molecule has 1 aromatic heterocycles. The molecule has 0 saturated heterocycles. The lowest BCUT2D eigenvalue weighted by atomic mass is 9.96. The average molecular weight is 489 g/mol. The molecule has 36 heavy (non-hydrogen) atoms. The third kappa shape index (κ3) is 5.49. The molecule has 7 nitrogen and oxygen atoms in total. The number of imidazole rings is 1. The minimum absolute atomic E-state index is 0.246. The highest BCUT2D eigenvalue weighted by Gasteiger charge is 2.13. The molecule has 1 heterocycles. The minimum atomic E-state index is -0.308. The van der Waals surface area contributed by atoms with Crippen LogP contribution in [-0.4, -0.2) is 29.3 Å². The minimum Gasteiger partial charge on any atom is -0.497 e. The molecular weight excluding hydrogens is 459 g/mol. The number of carbonyl (C=O) groups is 1. The van der Waals surface area contributed by atoms with E-state index in [1.807, 2.05) is 56.7 Å². The number of nitrogens with zero attached hydrogens (tertiary/aromatic N) is 2. The first-order chi connectivity index (χ1) is 17.3. The Hall–Kier alpha value is -4.33. The fourth-order valence-corrected chi connectivity index (χ4v) is 4.12. The van der Waals surface area contributed by atoms with Gasteiger partial charge in [-0.3, -0.25) is 10.2 Å². The summed E-state index contributed by atoms with van der Waals surface area (Å²) in [6.45, 7) is 2.54. The van der Waals surface area contributed by atoms with Gasteiger partial charge in [0.25, 0.3) is 5.91 Å². The monoisotopic (exact) mass is 488 g/mol. The zero-order chi connectivity index (χ0) is 25.8. The van der Waals surface area contributed by atoms with E-state index in [-0.39, 0.29) is 18.3 Å². The number of nitrogens with one attached hydrogen (secondary N) is 2. The molecule has 0 saturated carbocycles. The SMILES string of the molecule is COc1cc(CNC(=O)c2cc(Cn3ccn(C)c3=N)cc(-c3ccc(F)cc3C)c2)cc(OC)c1. The molecule has 0 radical (unpaired) electrons. The Morgan fingerprint density at radius 2 is 1.69 bits per heavy atom. The number of benzene rings is 3. The van der Waals surface area contributed by atoms with Crippen molar-refractivity contribution in [3.05, 3.63) is 101 Å². The highest BCUT2D eigenvalue weighted by molar-refractivity contribution is 5.95. The Bertz CT molecular complexity index is 1450. The molecule has 8 heteroatoms. The number of amides is 1. The van der Waals surface area contributed by atoms with Crippen LogP contribution in [-0.2, 0) is 20.1 Å². The molecule has 4 aromatic rings. The van der Waals surface area contributed by atoms with Crippen LogP contribution in [0.2, 0.25) is 0 Å². The van der Waals surface area contributed by atoms with Crippen LogP contribution in [0, 0.1) is 18.2 Å². The summed E-state index contributed by atoms with van der Waals surface area (Å²) in [7, 11) is 4.97. The van der Waals surface area contributed by atoms with Crippen molar-refractivity contribution in [3.63, 3.8) is 0 Å². The molecule has 0 atom stereocenters. The topological polar surface area (TPSA) is 81.3 Å². The Balaban J connectivity index is 1.67. The van der Waals surface area contributed by atoms with Gasteiger partial charge in [0.1, 0.15) is 17.3 Å². The van der Waals surface area contributed by atoms with E-state index >= 15 is 0 Å². The van der Waals surface area contributed by atoms with Crippen molar-refractivity contribution in [2.45, 2.75) is 20.0 Å². The molecule has 186 valence electrons. The Kier molecular flexibility index (Phi) is 7.24. The van der Waals surface area contributed by atoms with Crippen molar-refractivity contribution < 1.29 is 18.7 Å². The van der Waals surface area contributed by atoms with Crippen molar-refractivity contribution in [1.29, 1.82) is 5.41 Å². The van der Waals surface area contributed by atoms with Gasteiger partial charge in [0.05, 0.1) is 20.8 Å². The predicted octanol–water partition coefficient (Wildman–Crippen LogP) is 4.42. The molecule has 0 aliphatic carbocycles. The van der Waals surface area contributed by atoms with E-state index < -0.39 is 0 Å². The van der Waals surface area contributed by atoms with E-state index in [9.17, 15) is 9.18 Å². The standard InChI is InChI=1S/C28H29FN4O3/c1-18-9-23(29)5-6-26(18)21-10-20(17-33-8-7-32(2)28(33)30)11-22(14-21)27(34)31-16-19-12-24(35-3)15-25(13-19)36-4/h5-15,30H,16-17H2,1-4H3,(H,31,34). The second kappa shape index (κ2) is 10.5. The van der Waals surface area contributed by atoms with Crippen LogP contribution in [0.15, 0.2) is 67.0 Å². The Morgan fingerprint density at radius 3 is 2.31 bits per heavy atom. The lowest BCUT2D eigenvalue weighted by molar-refractivity contribution is 0.0950. The number of aromatic nitrogens is 2. The fourth-order valence-electron chi connectivity index (χ4n) is 4.12. The van der Waals surface area contributed by atoms with E-state index in [1.165, 1.54) is 12.1 Å². The number of hydrogen-bond donors (Lipinski definition) is 2. The first-order valence-electron chi connectivity index (χ1n) is 11.4. The molecule has 0 fully saturated rings. The van der Waals surface area contributed by atoms with Gasteiger partial charge in [-0.15, -0.1) is 0 Å². The van der Waals surface area contributed by atoms with Crippen LogP contribution in [0.3, 0.4) is 0 Å². The Labute approximate surface area is 209 Å². The van der Waals surface area contributed by atoms with Crippen molar-refractivity contribution in [2.75, 3.05) is 14.2 Å². The van der Waals surface area contributed by atoms with Crippen LogP contribution in [0.5, 0.6) is 11.5 Å². The zero-order valence-electron chi connectivity index (χ0n) is 20.8. The highest BCUT2D eigenvalue weighted by Crippen LogP contribution is 2.27. The molecule has 0 spiro atoms. The lowest BCUT2D eigenvalue weighted by Crippen LogP contribution is -2.24. The average Bonchev–Trinajstić information content (AvgIpc) is 3.18. The molecule has 3 aromatic carbocycles. The number of rotatable bonds is 8. The van der Waals surface area contributed by atoms with Crippen molar-refractivity contribution in [1.82, 2.24) is 14.5 Å². The number of hydrogen-bond acceptors (Lipinski definition) is 4. The van der Waals surface area contributed by atoms with E-state index in [0.29, 0.717) is 29.2 Å². The fraction of sp³-hybridized carbons (Fsp3) is 0.214. The molecule has 4 rings (SSSR count). The molecule has 0 aliphatic heterocycles. The highest BCUT2D eigenvalue weighted by atomic mass is 19.1. The molecule has 0 unspecified atom stereocenters. The summed E-state index contributed by atoms with van der Waals surface area (Å²) in [5.41, 5.74) is 4.93.